The van der Waals surface area contributed by atoms with Gasteiger partial charge in [-0.3, -0.25) is 19.6 Å². The third-order valence-corrected chi connectivity index (χ3v) is 8.83. The molecule has 0 radical (unpaired) electrons. The summed E-state index contributed by atoms with van der Waals surface area (Å²) in [6, 6.07) is 14.3. The Morgan fingerprint density at radius 2 is 1.89 bits per heavy atom. The van der Waals surface area contributed by atoms with Crippen LogP contribution in [0.3, 0.4) is 0 Å². The molecule has 1 atom stereocenters. The van der Waals surface area contributed by atoms with Crippen molar-refractivity contribution in [3.63, 3.8) is 0 Å². The standard InChI is InChI=1S/C33H28N6O8/c1-19-35-32(39(42)43)16-37(19)24(14-34)9-22-11-31(44-2)33(45-17-20-3-5-23(6-4-20)38(40)41)27-15-36-8-7-21-10-29-30(47-18-46-29)13-26(21)28(36)12-25(22)27/h3-6,9-11,13,16,28H,7-8,12,15,17-18H2,1-2H3/b24-9+. The van der Waals surface area contributed by atoms with Gasteiger partial charge in [-0.05, 0) is 87.0 Å². The van der Waals surface area contributed by atoms with Crippen molar-refractivity contribution in [2.75, 3.05) is 20.4 Å². The fraction of sp³-hybridized carbons (Fsp3) is 0.273. The fourth-order valence-electron chi connectivity index (χ4n) is 6.53. The van der Waals surface area contributed by atoms with E-state index in [0.717, 1.165) is 41.0 Å². The zero-order valence-electron chi connectivity index (χ0n) is 25.5. The zero-order valence-corrected chi connectivity index (χ0v) is 25.5. The Morgan fingerprint density at radius 3 is 2.57 bits per heavy atom. The molecule has 0 fully saturated rings. The highest BCUT2D eigenvalue weighted by molar-refractivity contribution is 5.82. The number of ether oxygens (including phenoxy) is 4. The van der Waals surface area contributed by atoms with Crippen LogP contribution in [0, 0.1) is 38.5 Å². The Labute approximate surface area is 268 Å². The normalized spacial score (nSPS) is 16.4. The molecule has 47 heavy (non-hydrogen) atoms. The predicted octanol–water partition coefficient (Wildman–Crippen LogP) is 5.50. The first-order valence-corrected chi connectivity index (χ1v) is 14.8. The van der Waals surface area contributed by atoms with Crippen LogP contribution in [0.15, 0.2) is 48.7 Å². The highest BCUT2D eigenvalue weighted by atomic mass is 16.7. The maximum atomic E-state index is 11.4. The predicted molar refractivity (Wildman–Crippen MR) is 167 cm³/mol. The number of non-ortho nitro benzene ring substituents is 1. The lowest BCUT2D eigenvalue weighted by Crippen LogP contribution is -2.39. The third kappa shape index (κ3) is 5.36. The van der Waals surface area contributed by atoms with E-state index in [9.17, 15) is 25.5 Å². The monoisotopic (exact) mass is 636 g/mol. The van der Waals surface area contributed by atoms with Gasteiger partial charge in [-0.2, -0.15) is 5.26 Å². The summed E-state index contributed by atoms with van der Waals surface area (Å²) in [5.41, 5.74) is 5.77. The van der Waals surface area contributed by atoms with Gasteiger partial charge in [0.15, 0.2) is 23.0 Å². The molecule has 0 saturated carbocycles. The van der Waals surface area contributed by atoms with E-state index in [1.54, 1.807) is 31.2 Å². The average Bonchev–Trinajstić information content (AvgIpc) is 3.70. The Morgan fingerprint density at radius 1 is 1.13 bits per heavy atom. The summed E-state index contributed by atoms with van der Waals surface area (Å²) < 4.78 is 25.0. The van der Waals surface area contributed by atoms with Crippen molar-refractivity contribution in [1.82, 2.24) is 14.5 Å². The van der Waals surface area contributed by atoms with E-state index < -0.39 is 9.85 Å². The summed E-state index contributed by atoms with van der Waals surface area (Å²) in [4.78, 5) is 27.9. The molecule has 3 aliphatic rings. The zero-order chi connectivity index (χ0) is 32.8. The number of allylic oxidation sites excluding steroid dienone is 1. The number of nitrogens with zero attached hydrogens (tertiary/aromatic N) is 6. The van der Waals surface area contributed by atoms with Crippen molar-refractivity contribution in [2.24, 2.45) is 0 Å². The second-order valence-electron chi connectivity index (χ2n) is 11.4. The van der Waals surface area contributed by atoms with Crippen molar-refractivity contribution in [3.8, 4) is 29.1 Å². The molecule has 14 heteroatoms. The number of nitriles is 1. The molecule has 3 aliphatic heterocycles. The molecule has 0 aliphatic carbocycles. The third-order valence-electron chi connectivity index (χ3n) is 8.83. The van der Waals surface area contributed by atoms with Gasteiger partial charge in [-0.1, -0.05) is 0 Å². The van der Waals surface area contributed by atoms with Gasteiger partial charge in [-0.25, -0.2) is 0 Å². The molecule has 1 unspecified atom stereocenters. The molecule has 7 rings (SSSR count). The van der Waals surface area contributed by atoms with Gasteiger partial charge in [-0.15, -0.1) is 0 Å². The number of imidazole rings is 1. The summed E-state index contributed by atoms with van der Waals surface area (Å²) in [5.74, 6) is 2.39. The number of nitro benzene ring substituents is 1. The Hall–Kier alpha value is -5.94. The van der Waals surface area contributed by atoms with Crippen LogP contribution in [0.2, 0.25) is 0 Å². The van der Waals surface area contributed by atoms with Gasteiger partial charge >= 0.3 is 5.82 Å². The molecule has 0 spiro atoms. The van der Waals surface area contributed by atoms with E-state index in [-0.39, 0.29) is 36.6 Å². The second-order valence-corrected chi connectivity index (χ2v) is 11.4. The number of nitro groups is 2. The molecule has 238 valence electrons. The maximum absolute atomic E-state index is 11.4. The molecular weight excluding hydrogens is 608 g/mol. The minimum atomic E-state index is -0.596. The van der Waals surface area contributed by atoms with Gasteiger partial charge in [0.25, 0.3) is 5.69 Å². The van der Waals surface area contributed by atoms with E-state index >= 15 is 0 Å². The second kappa shape index (κ2) is 11.8. The van der Waals surface area contributed by atoms with Crippen molar-refractivity contribution in [3.05, 3.63) is 108 Å². The van der Waals surface area contributed by atoms with Crippen LogP contribution in [-0.2, 0) is 26.0 Å². The van der Waals surface area contributed by atoms with E-state index in [0.29, 0.717) is 41.6 Å². The van der Waals surface area contributed by atoms with Crippen molar-refractivity contribution < 1.29 is 28.8 Å². The molecule has 3 aromatic carbocycles. The first kappa shape index (κ1) is 29.8. The minimum Gasteiger partial charge on any atom is -0.493 e. The Kier molecular flexibility index (Phi) is 7.45. The van der Waals surface area contributed by atoms with E-state index in [1.165, 1.54) is 35.6 Å². The fourth-order valence-corrected chi connectivity index (χ4v) is 6.53. The number of hydrogen-bond donors (Lipinski definition) is 0. The number of aromatic nitrogens is 2. The molecule has 1 aromatic heterocycles. The summed E-state index contributed by atoms with van der Waals surface area (Å²) in [6.07, 6.45) is 4.33. The summed E-state index contributed by atoms with van der Waals surface area (Å²) in [5, 5.41) is 32.7. The van der Waals surface area contributed by atoms with Gasteiger partial charge in [0.05, 0.1) is 12.0 Å². The number of aryl methyl sites for hydroxylation is 1. The summed E-state index contributed by atoms with van der Waals surface area (Å²) >= 11 is 0. The molecule has 0 N–H and O–H groups in total. The minimum absolute atomic E-state index is 0.00502. The topological polar surface area (TPSA) is 168 Å². The van der Waals surface area contributed by atoms with Gasteiger partial charge < -0.3 is 29.1 Å². The first-order valence-electron chi connectivity index (χ1n) is 14.8. The highest BCUT2D eigenvalue weighted by Crippen LogP contribution is 2.48. The van der Waals surface area contributed by atoms with E-state index in [4.69, 9.17) is 18.9 Å². The number of hydrogen-bond acceptors (Lipinski definition) is 11. The number of fused-ring (bicyclic) bond motifs is 5. The van der Waals surface area contributed by atoms with Crippen LogP contribution >= 0.6 is 0 Å². The van der Waals surface area contributed by atoms with Crippen LogP contribution in [0.4, 0.5) is 11.5 Å². The maximum Gasteiger partial charge on any atom is 0.382 e. The molecule has 4 heterocycles. The quantitative estimate of drug-likeness (QED) is 0.136. The lowest BCUT2D eigenvalue weighted by atomic mass is 9.81. The number of rotatable bonds is 8. The van der Waals surface area contributed by atoms with Crippen LogP contribution in [-0.4, -0.2) is 44.7 Å². The highest BCUT2D eigenvalue weighted by Gasteiger charge is 2.37. The lowest BCUT2D eigenvalue weighted by molar-refractivity contribution is -0.389. The molecule has 0 bridgehead atoms. The van der Waals surface area contributed by atoms with Gasteiger partial charge in [0.1, 0.15) is 24.6 Å². The van der Waals surface area contributed by atoms with E-state index in [1.807, 2.05) is 0 Å². The van der Waals surface area contributed by atoms with Crippen molar-refractivity contribution in [1.29, 1.82) is 5.26 Å². The lowest BCUT2D eigenvalue weighted by Gasteiger charge is -2.42. The molecule has 4 aromatic rings. The van der Waals surface area contributed by atoms with Gasteiger partial charge in [0, 0.05) is 43.8 Å². The Balaban J connectivity index is 1.33. The molecule has 14 nitrogen and oxygen atoms in total. The van der Waals surface area contributed by atoms with E-state index in [2.05, 4.69) is 28.1 Å². The average molecular weight is 637 g/mol. The number of benzene rings is 3. The molecule has 0 amide bonds. The van der Waals surface area contributed by atoms with Gasteiger partial charge in [0.2, 0.25) is 12.6 Å². The molecular formula is C33H28N6O8. The van der Waals surface area contributed by atoms with Crippen molar-refractivity contribution >= 4 is 23.3 Å². The van der Waals surface area contributed by atoms with Crippen LogP contribution in [0.5, 0.6) is 23.0 Å². The smallest absolute Gasteiger partial charge is 0.382 e. The number of methoxy groups -OCH3 is 1. The molecule has 0 saturated heterocycles. The largest absolute Gasteiger partial charge is 0.493 e. The first-order chi connectivity index (χ1) is 22.7. The van der Waals surface area contributed by atoms with Crippen LogP contribution < -0.4 is 18.9 Å². The van der Waals surface area contributed by atoms with Crippen LogP contribution in [0.25, 0.3) is 11.8 Å². The summed E-state index contributed by atoms with van der Waals surface area (Å²) in [7, 11) is 1.54. The van der Waals surface area contributed by atoms with Crippen molar-refractivity contribution in [2.45, 2.75) is 39.0 Å². The summed E-state index contributed by atoms with van der Waals surface area (Å²) in [6.45, 7) is 3.25. The Bertz CT molecular complexity index is 2010. The van der Waals surface area contributed by atoms with Crippen LogP contribution in [0.1, 0.15) is 45.2 Å². The SMILES string of the molecule is COc1cc(/C=C(\C#N)n2cc([N+](=O)[O-])nc2C)c2c(c1OCc1ccc([N+](=O)[O-])cc1)CN1CCc3cc4c(cc3C1C2)OCO4.